The van der Waals surface area contributed by atoms with E-state index in [1.807, 2.05) is 0 Å². The Balaban J connectivity index is 1.90. The Morgan fingerprint density at radius 3 is 2.41 bits per heavy atom. The largest absolute Gasteiger partial charge is 0.417 e. The highest BCUT2D eigenvalue weighted by atomic mass is 35.5. The maximum absolute atomic E-state index is 12.6. The molecule has 0 saturated heterocycles. The first-order valence-electron chi connectivity index (χ1n) is 9.40. The van der Waals surface area contributed by atoms with Gasteiger partial charge in [0, 0.05) is 12.7 Å². The number of anilines is 1. The Bertz CT molecular complexity index is 837. The SMILES string of the molecule is CN(C)CCCCCCCNc1cnn(-c2ccc(C(F)(F)F)cn2)c(=O)c1Cl. The Morgan fingerprint density at radius 1 is 1.10 bits per heavy atom. The van der Waals surface area contributed by atoms with Crippen molar-refractivity contribution in [2.24, 2.45) is 0 Å². The van der Waals surface area contributed by atoms with Gasteiger partial charge in [-0.2, -0.15) is 23.0 Å². The number of hydrogen-bond donors (Lipinski definition) is 1. The smallest absolute Gasteiger partial charge is 0.382 e. The molecule has 0 spiro atoms. The van der Waals surface area contributed by atoms with Crippen LogP contribution in [0.4, 0.5) is 18.9 Å². The summed E-state index contributed by atoms with van der Waals surface area (Å²) < 4.78 is 38.8. The normalized spacial score (nSPS) is 11.8. The molecule has 6 nitrogen and oxygen atoms in total. The van der Waals surface area contributed by atoms with Crippen LogP contribution in [0.5, 0.6) is 0 Å². The number of nitrogens with zero attached hydrogens (tertiary/aromatic N) is 4. The van der Waals surface area contributed by atoms with E-state index < -0.39 is 17.3 Å². The topological polar surface area (TPSA) is 63.1 Å². The second-order valence-electron chi connectivity index (χ2n) is 6.99. The van der Waals surface area contributed by atoms with Gasteiger partial charge in [-0.1, -0.05) is 30.9 Å². The summed E-state index contributed by atoms with van der Waals surface area (Å²) in [5.74, 6) is -0.0332. The summed E-state index contributed by atoms with van der Waals surface area (Å²) in [6, 6.07) is 1.92. The van der Waals surface area contributed by atoms with Gasteiger partial charge in [-0.05, 0) is 45.6 Å². The Kier molecular flexibility index (Phi) is 8.45. The first-order chi connectivity index (χ1) is 13.7. The third kappa shape index (κ3) is 7.01. The molecule has 0 unspecified atom stereocenters. The van der Waals surface area contributed by atoms with Crippen molar-refractivity contribution < 1.29 is 13.2 Å². The van der Waals surface area contributed by atoms with Gasteiger partial charge in [-0.25, -0.2) is 4.98 Å². The van der Waals surface area contributed by atoms with E-state index in [9.17, 15) is 18.0 Å². The van der Waals surface area contributed by atoms with Crippen molar-refractivity contribution >= 4 is 17.3 Å². The van der Waals surface area contributed by atoms with Crippen LogP contribution in [0.25, 0.3) is 5.82 Å². The molecular formula is C19H25ClF3N5O. The molecule has 2 heterocycles. The van der Waals surface area contributed by atoms with Gasteiger partial charge in [0.1, 0.15) is 5.02 Å². The van der Waals surface area contributed by atoms with E-state index in [0.29, 0.717) is 18.4 Å². The van der Waals surface area contributed by atoms with Gasteiger partial charge in [0.25, 0.3) is 5.56 Å². The van der Waals surface area contributed by atoms with Crippen molar-refractivity contribution in [3.05, 3.63) is 45.5 Å². The molecule has 2 aromatic heterocycles. The number of aromatic nitrogens is 3. The van der Waals surface area contributed by atoms with Gasteiger partial charge in [-0.3, -0.25) is 4.79 Å². The summed E-state index contributed by atoms with van der Waals surface area (Å²) in [5, 5.41) is 6.98. The van der Waals surface area contributed by atoms with E-state index in [2.05, 4.69) is 34.4 Å². The monoisotopic (exact) mass is 431 g/mol. The number of halogens is 4. The standard InChI is InChI=1S/C19H25ClF3N5O/c1-27(2)11-7-5-3-4-6-10-24-15-13-26-28(18(29)17(15)20)16-9-8-14(12-25-16)19(21,22)23/h8-9,12-13,24H,3-7,10-11H2,1-2H3. The minimum Gasteiger partial charge on any atom is -0.382 e. The lowest BCUT2D eigenvalue weighted by Gasteiger charge is -2.11. The maximum atomic E-state index is 12.6. The Labute approximate surface area is 172 Å². The summed E-state index contributed by atoms with van der Waals surface area (Å²) in [5.41, 5.74) is -1.15. The lowest BCUT2D eigenvalue weighted by atomic mass is 10.1. The third-order valence-electron chi connectivity index (χ3n) is 4.31. The van der Waals surface area contributed by atoms with Crippen LogP contribution in [0.15, 0.2) is 29.3 Å². The summed E-state index contributed by atoms with van der Waals surface area (Å²) in [4.78, 5) is 18.2. The molecule has 29 heavy (non-hydrogen) atoms. The molecule has 0 aliphatic heterocycles. The van der Waals surface area contributed by atoms with Crippen LogP contribution in [0, 0.1) is 0 Å². The van der Waals surface area contributed by atoms with Crippen LogP contribution in [-0.4, -0.2) is 46.8 Å². The molecule has 0 saturated carbocycles. The predicted octanol–water partition coefficient (Wildman–Crippen LogP) is 4.22. The van der Waals surface area contributed by atoms with Gasteiger partial charge in [0.15, 0.2) is 5.82 Å². The Hall–Kier alpha value is -2.13. The van der Waals surface area contributed by atoms with Gasteiger partial charge in [0.2, 0.25) is 0 Å². The number of hydrogen-bond acceptors (Lipinski definition) is 5. The molecule has 2 rings (SSSR count). The first-order valence-corrected chi connectivity index (χ1v) is 9.78. The lowest BCUT2D eigenvalue weighted by Crippen LogP contribution is -2.24. The molecule has 0 atom stereocenters. The summed E-state index contributed by atoms with van der Waals surface area (Å²) in [6.45, 7) is 1.74. The van der Waals surface area contributed by atoms with Crippen LogP contribution < -0.4 is 10.9 Å². The van der Waals surface area contributed by atoms with Crippen molar-refractivity contribution in [1.29, 1.82) is 0 Å². The van der Waals surface area contributed by atoms with Gasteiger partial charge >= 0.3 is 6.18 Å². The molecule has 0 radical (unpaired) electrons. The molecule has 0 aliphatic rings. The number of rotatable bonds is 10. The molecule has 160 valence electrons. The van der Waals surface area contributed by atoms with Crippen molar-refractivity contribution in [3.63, 3.8) is 0 Å². The highest BCUT2D eigenvalue weighted by Crippen LogP contribution is 2.28. The fourth-order valence-electron chi connectivity index (χ4n) is 2.70. The zero-order valence-corrected chi connectivity index (χ0v) is 17.2. The van der Waals surface area contributed by atoms with Gasteiger partial charge in [0.05, 0.1) is 17.4 Å². The first kappa shape index (κ1) is 23.2. The van der Waals surface area contributed by atoms with Crippen molar-refractivity contribution in [2.75, 3.05) is 32.5 Å². The molecule has 0 fully saturated rings. The van der Waals surface area contributed by atoms with E-state index in [0.717, 1.165) is 42.6 Å². The average molecular weight is 432 g/mol. The highest BCUT2D eigenvalue weighted by Gasteiger charge is 2.30. The van der Waals surface area contributed by atoms with Crippen LogP contribution >= 0.6 is 11.6 Å². The quantitative estimate of drug-likeness (QED) is 0.570. The third-order valence-corrected chi connectivity index (χ3v) is 4.67. The van der Waals surface area contributed by atoms with Crippen molar-refractivity contribution in [2.45, 2.75) is 38.3 Å². The number of alkyl halides is 3. The molecule has 0 aromatic carbocycles. The fourth-order valence-corrected chi connectivity index (χ4v) is 2.90. The minimum atomic E-state index is -4.50. The zero-order chi connectivity index (χ0) is 21.4. The molecule has 0 amide bonds. The number of unbranched alkanes of at least 4 members (excludes halogenated alkanes) is 4. The second kappa shape index (κ2) is 10.6. The zero-order valence-electron chi connectivity index (χ0n) is 16.5. The number of nitrogens with one attached hydrogen (secondary N) is 1. The predicted molar refractivity (Wildman–Crippen MR) is 108 cm³/mol. The summed E-state index contributed by atoms with van der Waals surface area (Å²) in [7, 11) is 4.12. The van der Waals surface area contributed by atoms with E-state index >= 15 is 0 Å². The molecule has 0 bridgehead atoms. The van der Waals surface area contributed by atoms with Gasteiger partial charge < -0.3 is 10.2 Å². The second-order valence-corrected chi connectivity index (χ2v) is 7.37. The molecule has 10 heteroatoms. The van der Waals surface area contributed by atoms with Crippen LogP contribution in [-0.2, 0) is 6.18 Å². The van der Waals surface area contributed by atoms with E-state index in [4.69, 9.17) is 11.6 Å². The van der Waals surface area contributed by atoms with E-state index in [1.54, 1.807) is 0 Å². The van der Waals surface area contributed by atoms with E-state index in [-0.39, 0.29) is 10.8 Å². The van der Waals surface area contributed by atoms with Crippen LogP contribution in [0.2, 0.25) is 5.02 Å². The molecule has 2 aromatic rings. The lowest BCUT2D eigenvalue weighted by molar-refractivity contribution is -0.137. The molecule has 1 N–H and O–H groups in total. The molecular weight excluding hydrogens is 407 g/mol. The van der Waals surface area contributed by atoms with Crippen LogP contribution in [0.3, 0.4) is 0 Å². The molecule has 0 aliphatic carbocycles. The van der Waals surface area contributed by atoms with Crippen molar-refractivity contribution in [3.8, 4) is 5.82 Å². The Morgan fingerprint density at radius 2 is 1.79 bits per heavy atom. The average Bonchev–Trinajstić information content (AvgIpc) is 2.66. The number of pyridine rings is 1. The highest BCUT2D eigenvalue weighted by molar-refractivity contribution is 6.32. The summed E-state index contributed by atoms with van der Waals surface area (Å²) >= 11 is 6.11. The summed E-state index contributed by atoms with van der Waals surface area (Å²) in [6.07, 6.45) is 3.02. The van der Waals surface area contributed by atoms with Crippen molar-refractivity contribution in [1.82, 2.24) is 19.7 Å². The fraction of sp³-hybridized carbons (Fsp3) is 0.526. The van der Waals surface area contributed by atoms with E-state index in [1.165, 1.54) is 19.0 Å². The van der Waals surface area contributed by atoms with Gasteiger partial charge in [-0.15, -0.1) is 0 Å². The maximum Gasteiger partial charge on any atom is 0.417 e. The van der Waals surface area contributed by atoms with Crippen LogP contribution in [0.1, 0.15) is 37.7 Å². The minimum absolute atomic E-state index is 0.0332.